The van der Waals surface area contributed by atoms with E-state index >= 15 is 0 Å². The number of likely N-dealkylation sites (N-methyl/N-ethyl adjacent to an activating group) is 1. The zero-order chi connectivity index (χ0) is 13.9. The van der Waals surface area contributed by atoms with Gasteiger partial charge >= 0.3 is 0 Å². The van der Waals surface area contributed by atoms with Crippen LogP contribution in [0, 0.1) is 6.92 Å². The third kappa shape index (κ3) is 3.73. The second-order valence-corrected chi connectivity index (χ2v) is 8.12. The lowest BCUT2D eigenvalue weighted by Crippen LogP contribution is -2.46. The van der Waals surface area contributed by atoms with Crippen molar-refractivity contribution in [3.05, 3.63) is 11.2 Å². The molecule has 6 nitrogen and oxygen atoms in total. The summed E-state index contributed by atoms with van der Waals surface area (Å²) in [6.07, 6.45) is 1.44. The first kappa shape index (κ1) is 14.9. The Hall–Kier alpha value is -0.540. The van der Waals surface area contributed by atoms with Gasteiger partial charge in [-0.25, -0.2) is 13.4 Å². The van der Waals surface area contributed by atoms with Crippen LogP contribution in [-0.2, 0) is 10.0 Å². The van der Waals surface area contributed by atoms with Gasteiger partial charge in [-0.05, 0) is 6.92 Å². The molecule has 108 valence electrons. The molecule has 1 aliphatic rings. The van der Waals surface area contributed by atoms with Gasteiger partial charge in [-0.3, -0.25) is 4.90 Å². The van der Waals surface area contributed by atoms with Gasteiger partial charge < -0.3 is 5.32 Å². The largest absolute Gasteiger partial charge is 0.314 e. The lowest BCUT2D eigenvalue weighted by atomic mass is 10.3. The molecule has 0 aromatic carbocycles. The van der Waals surface area contributed by atoms with E-state index in [1.54, 1.807) is 7.05 Å². The number of aryl methyl sites for hydroxylation is 1. The normalized spacial score (nSPS) is 18.1. The maximum Gasteiger partial charge on any atom is 0.253 e. The number of rotatable bonds is 5. The van der Waals surface area contributed by atoms with E-state index in [4.69, 9.17) is 0 Å². The van der Waals surface area contributed by atoms with Gasteiger partial charge in [-0.1, -0.05) is 0 Å². The smallest absolute Gasteiger partial charge is 0.253 e. The van der Waals surface area contributed by atoms with Crippen LogP contribution < -0.4 is 5.32 Å². The quantitative estimate of drug-likeness (QED) is 0.828. The summed E-state index contributed by atoms with van der Waals surface area (Å²) in [5.41, 5.74) is 0. The van der Waals surface area contributed by atoms with Gasteiger partial charge in [0.2, 0.25) is 0 Å². The molecule has 1 aromatic heterocycles. The molecule has 1 saturated heterocycles. The Labute approximate surface area is 118 Å². The van der Waals surface area contributed by atoms with Crippen LogP contribution in [0.3, 0.4) is 0 Å². The highest BCUT2D eigenvalue weighted by atomic mass is 32.2. The Kier molecular flexibility index (Phi) is 4.91. The van der Waals surface area contributed by atoms with Crippen LogP contribution in [0.25, 0.3) is 0 Å². The monoisotopic (exact) mass is 304 g/mol. The summed E-state index contributed by atoms with van der Waals surface area (Å²) >= 11 is 1.22. The van der Waals surface area contributed by atoms with Gasteiger partial charge in [0.05, 0.1) is 11.2 Å². The van der Waals surface area contributed by atoms with Crippen molar-refractivity contribution in [2.75, 3.05) is 46.3 Å². The average molecular weight is 304 g/mol. The minimum absolute atomic E-state index is 0.327. The molecular formula is C11H20N4O2S2. The molecule has 0 aliphatic carbocycles. The molecule has 8 heteroatoms. The van der Waals surface area contributed by atoms with Crippen LogP contribution in [0.5, 0.6) is 0 Å². The number of sulfonamides is 1. The summed E-state index contributed by atoms with van der Waals surface area (Å²) in [5.74, 6) is 0. The first-order valence-corrected chi connectivity index (χ1v) is 8.57. The fourth-order valence-electron chi connectivity index (χ4n) is 1.95. The van der Waals surface area contributed by atoms with Gasteiger partial charge in [0.25, 0.3) is 10.0 Å². The van der Waals surface area contributed by atoms with Gasteiger partial charge in [-0.2, -0.15) is 4.31 Å². The van der Waals surface area contributed by atoms with Crippen molar-refractivity contribution >= 4 is 21.4 Å². The first-order valence-electron chi connectivity index (χ1n) is 6.32. The van der Waals surface area contributed by atoms with Crippen LogP contribution in [0.1, 0.15) is 5.01 Å². The molecule has 0 spiro atoms. The molecule has 0 amide bonds. The van der Waals surface area contributed by atoms with E-state index in [2.05, 4.69) is 15.2 Å². The lowest BCUT2D eigenvalue weighted by Gasteiger charge is -2.28. The molecule has 2 heterocycles. The van der Waals surface area contributed by atoms with Crippen LogP contribution in [0.2, 0.25) is 0 Å². The average Bonchev–Trinajstić information content (AvgIpc) is 2.84. The van der Waals surface area contributed by atoms with Gasteiger partial charge in [-0.15, -0.1) is 11.3 Å². The molecule has 1 fully saturated rings. The summed E-state index contributed by atoms with van der Waals surface area (Å²) in [5, 5.41) is 4.05. The molecule has 0 bridgehead atoms. The van der Waals surface area contributed by atoms with Crippen molar-refractivity contribution in [2.45, 2.75) is 11.1 Å². The van der Waals surface area contributed by atoms with E-state index < -0.39 is 10.0 Å². The lowest BCUT2D eigenvalue weighted by molar-refractivity contribution is 0.229. The second-order valence-electron chi connectivity index (χ2n) is 4.62. The highest BCUT2D eigenvalue weighted by Crippen LogP contribution is 2.21. The Balaban J connectivity index is 1.93. The van der Waals surface area contributed by atoms with E-state index in [-0.39, 0.29) is 0 Å². The van der Waals surface area contributed by atoms with Gasteiger partial charge in [0.1, 0.15) is 0 Å². The standard InChI is InChI=1S/C11H20N4O2S2/c1-10-13-9-11(18-10)19(16,17)14(2)7-8-15-5-3-12-4-6-15/h9,12H,3-8H2,1-2H3. The Morgan fingerprint density at radius 3 is 2.74 bits per heavy atom. The van der Waals surface area contributed by atoms with Crippen LogP contribution in [0.4, 0.5) is 0 Å². The molecule has 2 rings (SSSR count). The number of aromatic nitrogens is 1. The molecule has 1 aliphatic heterocycles. The molecule has 1 N–H and O–H groups in total. The third-order valence-electron chi connectivity index (χ3n) is 3.21. The van der Waals surface area contributed by atoms with Crippen molar-refractivity contribution in [1.29, 1.82) is 0 Å². The van der Waals surface area contributed by atoms with E-state index in [0.29, 0.717) is 10.8 Å². The molecule has 19 heavy (non-hydrogen) atoms. The molecule has 1 aromatic rings. The number of hydrogen-bond donors (Lipinski definition) is 1. The van der Waals surface area contributed by atoms with Gasteiger partial charge in [0.15, 0.2) is 4.21 Å². The predicted octanol–water partition coefficient (Wildman–Crippen LogP) is -0.0228. The van der Waals surface area contributed by atoms with Crippen LogP contribution >= 0.6 is 11.3 Å². The van der Waals surface area contributed by atoms with Crippen molar-refractivity contribution in [3.63, 3.8) is 0 Å². The molecule has 0 radical (unpaired) electrons. The van der Waals surface area contributed by atoms with Crippen molar-refractivity contribution in [2.24, 2.45) is 0 Å². The minimum atomic E-state index is -3.37. The summed E-state index contributed by atoms with van der Waals surface area (Å²) in [4.78, 5) is 6.29. The molecule has 0 unspecified atom stereocenters. The zero-order valence-electron chi connectivity index (χ0n) is 11.3. The van der Waals surface area contributed by atoms with E-state index in [1.165, 1.54) is 21.8 Å². The molecule has 0 saturated carbocycles. The number of piperazine rings is 1. The topological polar surface area (TPSA) is 65.5 Å². The number of hydrogen-bond acceptors (Lipinski definition) is 6. The summed E-state index contributed by atoms with van der Waals surface area (Å²) in [7, 11) is -1.74. The third-order valence-corrected chi connectivity index (χ3v) is 6.41. The van der Waals surface area contributed by atoms with E-state index in [1.807, 2.05) is 6.92 Å². The summed E-state index contributed by atoms with van der Waals surface area (Å²) < 4.78 is 26.3. The van der Waals surface area contributed by atoms with Crippen molar-refractivity contribution in [3.8, 4) is 0 Å². The highest BCUT2D eigenvalue weighted by Gasteiger charge is 2.23. The maximum absolute atomic E-state index is 12.3. The fourth-order valence-corrected chi connectivity index (χ4v) is 4.43. The van der Waals surface area contributed by atoms with Gasteiger partial charge in [0, 0.05) is 46.3 Å². The van der Waals surface area contributed by atoms with E-state index in [0.717, 1.165) is 37.7 Å². The molecule has 0 atom stereocenters. The predicted molar refractivity (Wildman–Crippen MR) is 76.0 cm³/mol. The van der Waals surface area contributed by atoms with E-state index in [9.17, 15) is 8.42 Å². The number of nitrogens with one attached hydrogen (secondary N) is 1. The van der Waals surface area contributed by atoms with Crippen LogP contribution in [-0.4, -0.2) is 68.9 Å². The molecular weight excluding hydrogens is 284 g/mol. The van der Waals surface area contributed by atoms with Crippen molar-refractivity contribution < 1.29 is 8.42 Å². The Morgan fingerprint density at radius 2 is 2.16 bits per heavy atom. The first-order chi connectivity index (χ1) is 9.00. The second kappa shape index (κ2) is 6.27. The highest BCUT2D eigenvalue weighted by molar-refractivity contribution is 7.91. The summed E-state index contributed by atoms with van der Waals surface area (Å²) in [6.45, 7) is 7.01. The Morgan fingerprint density at radius 1 is 1.47 bits per heavy atom. The number of thiazole rings is 1. The summed E-state index contributed by atoms with van der Waals surface area (Å²) in [6, 6.07) is 0. The fraction of sp³-hybridized carbons (Fsp3) is 0.727. The zero-order valence-corrected chi connectivity index (χ0v) is 12.9. The van der Waals surface area contributed by atoms with Crippen LogP contribution in [0.15, 0.2) is 10.4 Å². The van der Waals surface area contributed by atoms with Crippen molar-refractivity contribution in [1.82, 2.24) is 19.5 Å². The Bertz CT molecular complexity index is 509. The number of nitrogens with zero attached hydrogens (tertiary/aromatic N) is 3. The SMILES string of the molecule is Cc1ncc(S(=O)(=O)N(C)CCN2CCNCC2)s1. The maximum atomic E-state index is 12.3. The minimum Gasteiger partial charge on any atom is -0.314 e.